The van der Waals surface area contributed by atoms with Gasteiger partial charge >= 0.3 is 0 Å². The molecule has 1 atom stereocenters. The maximum Gasteiger partial charge on any atom is 0.271 e. The Labute approximate surface area is 161 Å². The van der Waals surface area contributed by atoms with Crippen LogP contribution in [0.15, 0.2) is 53.9 Å². The van der Waals surface area contributed by atoms with E-state index in [9.17, 15) is 13.2 Å². The molecule has 1 aliphatic rings. The normalized spacial score (nSPS) is 19.6. The van der Waals surface area contributed by atoms with Gasteiger partial charge in [0.25, 0.3) is 5.91 Å². The number of carbonyl (C=O) groups excluding carboxylic acids is 1. The number of nitrogens with one attached hydrogen (secondary N) is 1. The molecule has 8 heteroatoms. The molecule has 2 aromatic heterocycles. The van der Waals surface area contributed by atoms with Gasteiger partial charge in [0.05, 0.1) is 16.7 Å². The quantitative estimate of drug-likeness (QED) is 0.731. The van der Waals surface area contributed by atoms with Crippen LogP contribution in [-0.4, -0.2) is 48.3 Å². The van der Waals surface area contributed by atoms with Crippen molar-refractivity contribution in [2.24, 2.45) is 0 Å². The predicted molar refractivity (Wildman–Crippen MR) is 105 cm³/mol. The molecule has 140 valence electrons. The average Bonchev–Trinajstić information content (AvgIpc) is 3.34. The number of thiophene rings is 1. The SMILES string of the molecule is O=C(c1cc(-c2ccccc2)n[nH]1)N1CC[C@@H](c2cccs2)S(=O)(=O)CC1. The summed E-state index contributed by atoms with van der Waals surface area (Å²) in [6.07, 6.45) is 0.411. The van der Waals surface area contributed by atoms with Gasteiger partial charge in [-0.15, -0.1) is 11.3 Å². The number of amides is 1. The van der Waals surface area contributed by atoms with Gasteiger partial charge in [-0.2, -0.15) is 5.10 Å². The number of H-pyrrole nitrogens is 1. The first-order chi connectivity index (χ1) is 13.0. The summed E-state index contributed by atoms with van der Waals surface area (Å²) in [4.78, 5) is 15.3. The van der Waals surface area contributed by atoms with E-state index in [1.54, 1.807) is 11.0 Å². The molecule has 0 aliphatic carbocycles. The molecule has 0 saturated carbocycles. The van der Waals surface area contributed by atoms with Crippen LogP contribution in [0.2, 0.25) is 0 Å². The first-order valence-electron chi connectivity index (χ1n) is 8.70. The van der Waals surface area contributed by atoms with Crippen LogP contribution in [0, 0.1) is 0 Å². The van der Waals surface area contributed by atoms with Gasteiger partial charge in [0.2, 0.25) is 0 Å². The Morgan fingerprint density at radius 1 is 1.15 bits per heavy atom. The van der Waals surface area contributed by atoms with E-state index >= 15 is 0 Å². The van der Waals surface area contributed by atoms with Gasteiger partial charge in [0.15, 0.2) is 9.84 Å². The van der Waals surface area contributed by atoms with Crippen LogP contribution < -0.4 is 0 Å². The highest BCUT2D eigenvalue weighted by molar-refractivity contribution is 7.91. The number of nitrogens with zero attached hydrogens (tertiary/aromatic N) is 2. The maximum absolute atomic E-state index is 12.9. The first kappa shape index (κ1) is 17.9. The lowest BCUT2D eigenvalue weighted by atomic mass is 10.1. The molecule has 4 rings (SSSR count). The molecular formula is C19H19N3O3S2. The Balaban J connectivity index is 1.53. The zero-order valence-electron chi connectivity index (χ0n) is 14.5. The molecule has 1 amide bonds. The van der Waals surface area contributed by atoms with Gasteiger partial charge in [-0.1, -0.05) is 36.4 Å². The summed E-state index contributed by atoms with van der Waals surface area (Å²) in [6, 6.07) is 15.0. The van der Waals surface area contributed by atoms with E-state index in [-0.39, 0.29) is 18.2 Å². The van der Waals surface area contributed by atoms with Crippen LogP contribution in [0.3, 0.4) is 0 Å². The Kier molecular flexibility index (Phi) is 4.84. The molecule has 1 N–H and O–H groups in total. The van der Waals surface area contributed by atoms with Crippen molar-refractivity contribution in [1.29, 1.82) is 0 Å². The number of carbonyl (C=O) groups is 1. The van der Waals surface area contributed by atoms with Gasteiger partial charge < -0.3 is 4.90 Å². The molecule has 1 aromatic carbocycles. The number of rotatable bonds is 3. The molecule has 6 nitrogen and oxygen atoms in total. The van der Waals surface area contributed by atoms with Crippen LogP contribution in [0.1, 0.15) is 27.0 Å². The largest absolute Gasteiger partial charge is 0.336 e. The zero-order valence-corrected chi connectivity index (χ0v) is 16.2. The third kappa shape index (κ3) is 3.68. The Morgan fingerprint density at radius 3 is 2.70 bits per heavy atom. The van der Waals surface area contributed by atoms with E-state index in [1.165, 1.54) is 11.3 Å². The minimum Gasteiger partial charge on any atom is -0.336 e. The molecular weight excluding hydrogens is 382 g/mol. The Morgan fingerprint density at radius 2 is 1.96 bits per heavy atom. The fraction of sp³-hybridized carbons (Fsp3) is 0.263. The van der Waals surface area contributed by atoms with Gasteiger partial charge in [-0.05, 0) is 23.9 Å². The summed E-state index contributed by atoms with van der Waals surface area (Å²) < 4.78 is 25.3. The van der Waals surface area contributed by atoms with Crippen molar-refractivity contribution < 1.29 is 13.2 Å². The summed E-state index contributed by atoms with van der Waals surface area (Å²) >= 11 is 1.45. The minimum absolute atomic E-state index is 0.0268. The lowest BCUT2D eigenvalue weighted by Crippen LogP contribution is -2.33. The standard InChI is InChI=1S/C19H19N3O3S2/c23-19(16-13-15(20-21-16)14-5-2-1-3-6-14)22-9-8-18(17-7-4-11-26-17)27(24,25)12-10-22/h1-7,11,13,18H,8-10,12H2,(H,20,21)/t18-/m0/s1. The number of hydrogen-bond acceptors (Lipinski definition) is 5. The molecule has 0 bridgehead atoms. The smallest absolute Gasteiger partial charge is 0.271 e. The summed E-state index contributed by atoms with van der Waals surface area (Å²) in [5.41, 5.74) is 1.99. The topological polar surface area (TPSA) is 83.1 Å². The Bertz CT molecular complexity index is 1030. The van der Waals surface area contributed by atoms with Crippen molar-refractivity contribution in [2.75, 3.05) is 18.8 Å². The molecule has 27 heavy (non-hydrogen) atoms. The lowest BCUT2D eigenvalue weighted by Gasteiger charge is -2.18. The van der Waals surface area contributed by atoms with Crippen molar-refractivity contribution in [1.82, 2.24) is 15.1 Å². The number of aromatic nitrogens is 2. The van der Waals surface area contributed by atoms with Crippen molar-refractivity contribution in [3.8, 4) is 11.3 Å². The third-order valence-electron chi connectivity index (χ3n) is 4.77. The average molecular weight is 402 g/mol. The second-order valence-corrected chi connectivity index (χ2v) is 9.77. The van der Waals surface area contributed by atoms with Crippen LogP contribution >= 0.6 is 11.3 Å². The summed E-state index contributed by atoms with van der Waals surface area (Å²) in [6.45, 7) is 0.600. The van der Waals surface area contributed by atoms with E-state index < -0.39 is 15.1 Å². The number of aromatic amines is 1. The van der Waals surface area contributed by atoms with Gasteiger partial charge in [0.1, 0.15) is 5.69 Å². The predicted octanol–water partition coefficient (Wildman–Crippen LogP) is 3.14. The minimum atomic E-state index is -3.28. The molecule has 1 fully saturated rings. The molecule has 1 saturated heterocycles. The highest BCUT2D eigenvalue weighted by Gasteiger charge is 2.33. The van der Waals surface area contributed by atoms with Gasteiger partial charge in [-0.25, -0.2) is 8.42 Å². The van der Waals surface area contributed by atoms with E-state index in [2.05, 4.69) is 10.2 Å². The fourth-order valence-corrected chi connectivity index (χ4v) is 6.30. The van der Waals surface area contributed by atoms with E-state index in [0.29, 0.717) is 24.4 Å². The van der Waals surface area contributed by atoms with Crippen LogP contribution in [0.4, 0.5) is 0 Å². The van der Waals surface area contributed by atoms with Crippen LogP contribution in [0.5, 0.6) is 0 Å². The van der Waals surface area contributed by atoms with Crippen molar-refractivity contribution in [3.63, 3.8) is 0 Å². The molecule has 0 spiro atoms. The highest BCUT2D eigenvalue weighted by Crippen LogP contribution is 2.32. The van der Waals surface area contributed by atoms with Crippen molar-refractivity contribution in [3.05, 3.63) is 64.5 Å². The van der Waals surface area contributed by atoms with E-state index in [1.807, 2.05) is 47.8 Å². The van der Waals surface area contributed by atoms with Gasteiger partial charge in [0, 0.05) is 23.5 Å². The summed E-state index contributed by atoms with van der Waals surface area (Å²) in [7, 11) is -3.28. The molecule has 3 heterocycles. The van der Waals surface area contributed by atoms with E-state index in [0.717, 1.165) is 10.4 Å². The van der Waals surface area contributed by atoms with Crippen molar-refractivity contribution in [2.45, 2.75) is 11.7 Å². The highest BCUT2D eigenvalue weighted by atomic mass is 32.2. The summed E-state index contributed by atoms with van der Waals surface area (Å²) in [5, 5.41) is 8.37. The molecule has 3 aromatic rings. The second-order valence-electron chi connectivity index (χ2n) is 6.48. The lowest BCUT2D eigenvalue weighted by molar-refractivity contribution is 0.0760. The summed E-state index contributed by atoms with van der Waals surface area (Å²) in [5.74, 6) is -0.243. The molecule has 0 radical (unpaired) electrons. The van der Waals surface area contributed by atoms with Crippen LogP contribution in [0.25, 0.3) is 11.3 Å². The Hall–Kier alpha value is -2.45. The monoisotopic (exact) mass is 401 g/mol. The van der Waals surface area contributed by atoms with Gasteiger partial charge in [-0.3, -0.25) is 9.89 Å². The second kappa shape index (κ2) is 7.28. The molecule has 1 aliphatic heterocycles. The first-order valence-corrected chi connectivity index (χ1v) is 11.3. The molecule has 0 unspecified atom stereocenters. The number of hydrogen-bond donors (Lipinski definition) is 1. The number of sulfone groups is 1. The van der Waals surface area contributed by atoms with E-state index in [4.69, 9.17) is 0 Å². The van der Waals surface area contributed by atoms with Crippen molar-refractivity contribution >= 4 is 27.1 Å². The fourth-order valence-electron chi connectivity index (χ4n) is 3.30. The number of benzene rings is 1. The maximum atomic E-state index is 12.9. The van der Waals surface area contributed by atoms with Crippen LogP contribution in [-0.2, 0) is 9.84 Å². The third-order valence-corrected chi connectivity index (χ3v) is 8.01. The zero-order chi connectivity index (χ0) is 18.9.